The number of piperazine rings is 1. The Labute approximate surface area is 150 Å². The average molecular weight is 347 g/mol. The summed E-state index contributed by atoms with van der Waals surface area (Å²) in [7, 11) is 1.68. The topological polar surface area (TPSA) is 64.1 Å². The summed E-state index contributed by atoms with van der Waals surface area (Å²) in [5, 5.41) is 8.93. The van der Waals surface area contributed by atoms with Gasteiger partial charge in [0.15, 0.2) is 0 Å². The van der Waals surface area contributed by atoms with E-state index in [4.69, 9.17) is 5.11 Å². The maximum absolute atomic E-state index is 12.2. The Morgan fingerprint density at radius 1 is 1.24 bits per heavy atom. The molecule has 1 unspecified atom stereocenters. The van der Waals surface area contributed by atoms with Crippen LogP contribution in [-0.2, 0) is 9.59 Å². The second-order valence-corrected chi connectivity index (χ2v) is 6.93. The first-order valence-electron chi connectivity index (χ1n) is 8.87. The van der Waals surface area contributed by atoms with Crippen molar-refractivity contribution in [2.75, 3.05) is 51.2 Å². The number of carbonyl (C=O) groups is 2. The summed E-state index contributed by atoms with van der Waals surface area (Å²) in [5.41, 5.74) is 2.53. The molecule has 1 fully saturated rings. The molecule has 0 radical (unpaired) electrons. The molecule has 1 amide bonds. The van der Waals surface area contributed by atoms with E-state index in [2.05, 4.69) is 41.0 Å². The van der Waals surface area contributed by atoms with E-state index in [-0.39, 0.29) is 12.5 Å². The highest BCUT2D eigenvalue weighted by Crippen LogP contribution is 2.17. The first-order chi connectivity index (χ1) is 11.9. The molecule has 0 bridgehead atoms. The van der Waals surface area contributed by atoms with Gasteiger partial charge < -0.3 is 14.9 Å². The van der Waals surface area contributed by atoms with Gasteiger partial charge in [-0.3, -0.25) is 14.5 Å². The third-order valence-corrected chi connectivity index (χ3v) is 4.78. The van der Waals surface area contributed by atoms with Gasteiger partial charge >= 0.3 is 5.97 Å². The van der Waals surface area contributed by atoms with Gasteiger partial charge in [0.2, 0.25) is 5.91 Å². The quantitative estimate of drug-likeness (QED) is 0.813. The molecule has 6 nitrogen and oxygen atoms in total. The van der Waals surface area contributed by atoms with Gasteiger partial charge in [0, 0.05) is 58.4 Å². The predicted molar refractivity (Wildman–Crippen MR) is 98.9 cm³/mol. The number of carboxylic acids is 1. The molecule has 1 aromatic rings. The van der Waals surface area contributed by atoms with Gasteiger partial charge in [-0.25, -0.2) is 0 Å². The summed E-state index contributed by atoms with van der Waals surface area (Å²) in [6.45, 7) is 8.52. The van der Waals surface area contributed by atoms with Crippen molar-refractivity contribution < 1.29 is 14.7 Å². The fraction of sp³-hybridized carbons (Fsp3) is 0.579. The lowest BCUT2D eigenvalue weighted by atomic mass is 10.1. The zero-order valence-electron chi connectivity index (χ0n) is 15.4. The Kier molecular flexibility index (Phi) is 6.82. The lowest BCUT2D eigenvalue weighted by Crippen LogP contribution is -2.47. The standard InChI is InChI=1S/C19H29N3O3/c1-15-5-4-6-17(13-15)22-11-9-21(10-12-22)8-7-18(23)20(3)14-16(2)19(24)25/h4-6,13,16H,7-12,14H2,1-3H3,(H,24,25). The van der Waals surface area contributed by atoms with Crippen LogP contribution in [0, 0.1) is 12.8 Å². The van der Waals surface area contributed by atoms with Crippen molar-refractivity contribution in [3.05, 3.63) is 29.8 Å². The normalized spacial score (nSPS) is 16.5. The fourth-order valence-electron chi connectivity index (χ4n) is 3.09. The number of aryl methyl sites for hydroxylation is 1. The number of nitrogens with zero attached hydrogens (tertiary/aromatic N) is 3. The van der Waals surface area contributed by atoms with Gasteiger partial charge in [0.1, 0.15) is 0 Å². The van der Waals surface area contributed by atoms with E-state index >= 15 is 0 Å². The second-order valence-electron chi connectivity index (χ2n) is 6.93. The third kappa shape index (κ3) is 5.74. The largest absolute Gasteiger partial charge is 0.481 e. The number of hydrogen-bond donors (Lipinski definition) is 1. The molecule has 1 aromatic carbocycles. The summed E-state index contributed by atoms with van der Waals surface area (Å²) >= 11 is 0. The van der Waals surface area contributed by atoms with Crippen molar-refractivity contribution in [3.63, 3.8) is 0 Å². The Morgan fingerprint density at radius 2 is 1.92 bits per heavy atom. The molecule has 1 N–H and O–H groups in total. The van der Waals surface area contributed by atoms with Crippen LogP contribution in [0.25, 0.3) is 0 Å². The van der Waals surface area contributed by atoms with Gasteiger partial charge in [0.05, 0.1) is 5.92 Å². The molecule has 1 aliphatic rings. The smallest absolute Gasteiger partial charge is 0.308 e. The minimum Gasteiger partial charge on any atom is -0.481 e. The van der Waals surface area contributed by atoms with Crippen molar-refractivity contribution in [1.82, 2.24) is 9.80 Å². The molecule has 138 valence electrons. The highest BCUT2D eigenvalue weighted by atomic mass is 16.4. The summed E-state index contributed by atoms with van der Waals surface area (Å²) < 4.78 is 0. The van der Waals surface area contributed by atoms with E-state index in [1.54, 1.807) is 14.0 Å². The Morgan fingerprint density at radius 3 is 2.52 bits per heavy atom. The molecule has 25 heavy (non-hydrogen) atoms. The number of hydrogen-bond acceptors (Lipinski definition) is 4. The number of carboxylic acid groups (broad SMARTS) is 1. The first kappa shape index (κ1) is 19.2. The molecule has 1 heterocycles. The molecular formula is C19H29N3O3. The molecule has 1 saturated heterocycles. The van der Waals surface area contributed by atoms with E-state index in [1.165, 1.54) is 16.2 Å². The lowest BCUT2D eigenvalue weighted by molar-refractivity contribution is -0.142. The molecule has 0 saturated carbocycles. The van der Waals surface area contributed by atoms with Crippen molar-refractivity contribution >= 4 is 17.6 Å². The molecule has 6 heteroatoms. The zero-order chi connectivity index (χ0) is 18.4. The van der Waals surface area contributed by atoms with E-state index in [9.17, 15) is 9.59 Å². The first-order valence-corrected chi connectivity index (χ1v) is 8.87. The maximum Gasteiger partial charge on any atom is 0.308 e. The third-order valence-electron chi connectivity index (χ3n) is 4.78. The monoisotopic (exact) mass is 347 g/mol. The van der Waals surface area contributed by atoms with Crippen LogP contribution in [-0.4, -0.2) is 73.1 Å². The maximum atomic E-state index is 12.2. The number of aliphatic carboxylic acids is 1. The second kappa shape index (κ2) is 8.85. The highest BCUT2D eigenvalue weighted by Gasteiger charge is 2.20. The number of carbonyl (C=O) groups excluding carboxylic acids is 1. The van der Waals surface area contributed by atoms with Crippen LogP contribution >= 0.6 is 0 Å². The van der Waals surface area contributed by atoms with E-state index in [0.717, 1.165) is 32.7 Å². The van der Waals surface area contributed by atoms with Crippen LogP contribution in [0.15, 0.2) is 24.3 Å². The van der Waals surface area contributed by atoms with Crippen molar-refractivity contribution in [2.24, 2.45) is 5.92 Å². The molecule has 0 spiro atoms. The van der Waals surface area contributed by atoms with Gasteiger partial charge in [-0.2, -0.15) is 0 Å². The Hall–Kier alpha value is -2.08. The van der Waals surface area contributed by atoms with Crippen LogP contribution in [0.1, 0.15) is 18.9 Å². The summed E-state index contributed by atoms with van der Waals surface area (Å²) in [4.78, 5) is 29.3. The lowest BCUT2D eigenvalue weighted by Gasteiger charge is -2.36. The fourth-order valence-corrected chi connectivity index (χ4v) is 3.09. The average Bonchev–Trinajstić information content (AvgIpc) is 2.59. The summed E-state index contributed by atoms with van der Waals surface area (Å²) in [5.74, 6) is -1.40. The van der Waals surface area contributed by atoms with E-state index in [1.807, 2.05) is 0 Å². The number of amides is 1. The SMILES string of the molecule is Cc1cccc(N2CCN(CCC(=O)N(C)CC(C)C(=O)O)CC2)c1. The molecule has 0 aromatic heterocycles. The number of rotatable bonds is 7. The van der Waals surface area contributed by atoms with Gasteiger partial charge in [-0.05, 0) is 24.6 Å². The molecular weight excluding hydrogens is 318 g/mol. The van der Waals surface area contributed by atoms with Gasteiger partial charge in [-0.15, -0.1) is 0 Å². The van der Waals surface area contributed by atoms with Crippen molar-refractivity contribution in [2.45, 2.75) is 20.3 Å². The summed E-state index contributed by atoms with van der Waals surface area (Å²) in [6.07, 6.45) is 0.438. The number of benzene rings is 1. The minimum absolute atomic E-state index is 0.00853. The van der Waals surface area contributed by atoms with Crippen LogP contribution in [0.3, 0.4) is 0 Å². The van der Waals surface area contributed by atoms with Crippen LogP contribution < -0.4 is 4.90 Å². The van der Waals surface area contributed by atoms with Gasteiger partial charge in [0.25, 0.3) is 0 Å². The molecule has 1 atom stereocenters. The van der Waals surface area contributed by atoms with Crippen molar-refractivity contribution in [1.29, 1.82) is 0 Å². The Balaban J connectivity index is 1.73. The molecule has 1 aliphatic heterocycles. The molecule has 0 aliphatic carbocycles. The summed E-state index contributed by atoms with van der Waals surface area (Å²) in [6, 6.07) is 8.54. The minimum atomic E-state index is -0.869. The molecule has 2 rings (SSSR count). The van der Waals surface area contributed by atoms with E-state index < -0.39 is 11.9 Å². The highest BCUT2D eigenvalue weighted by molar-refractivity contribution is 5.77. The Bertz CT molecular complexity index is 597. The van der Waals surface area contributed by atoms with E-state index in [0.29, 0.717) is 6.42 Å². The zero-order valence-corrected chi connectivity index (χ0v) is 15.4. The predicted octanol–water partition coefficient (Wildman–Crippen LogP) is 1.69. The van der Waals surface area contributed by atoms with Crippen LogP contribution in [0.4, 0.5) is 5.69 Å². The van der Waals surface area contributed by atoms with Gasteiger partial charge in [-0.1, -0.05) is 19.1 Å². The number of anilines is 1. The van der Waals surface area contributed by atoms with Crippen LogP contribution in [0.2, 0.25) is 0 Å². The van der Waals surface area contributed by atoms with Crippen LogP contribution in [0.5, 0.6) is 0 Å². The van der Waals surface area contributed by atoms with Crippen molar-refractivity contribution in [3.8, 4) is 0 Å².